The van der Waals surface area contributed by atoms with Crippen LogP contribution in [0.5, 0.6) is 0 Å². The summed E-state index contributed by atoms with van der Waals surface area (Å²) in [5.41, 5.74) is 7.53. The van der Waals surface area contributed by atoms with Gasteiger partial charge in [0.15, 0.2) is 5.78 Å². The van der Waals surface area contributed by atoms with Crippen LogP contribution >= 0.6 is 15.9 Å². The second-order valence-corrected chi connectivity index (χ2v) is 4.47. The number of halogens is 1. The van der Waals surface area contributed by atoms with Crippen molar-refractivity contribution in [2.45, 2.75) is 6.42 Å². The summed E-state index contributed by atoms with van der Waals surface area (Å²) in [4.78, 5) is 16.2. The van der Waals surface area contributed by atoms with E-state index in [1.54, 1.807) is 24.4 Å². The van der Waals surface area contributed by atoms with E-state index < -0.39 is 0 Å². The average molecular weight is 291 g/mol. The molecule has 0 aliphatic carbocycles. The minimum absolute atomic E-state index is 0.0255. The number of hydrogen-bond acceptors (Lipinski definition) is 3. The summed E-state index contributed by atoms with van der Waals surface area (Å²) in [5, 5.41) is 0. The lowest BCUT2D eigenvalue weighted by atomic mass is 10.0. The molecule has 0 fully saturated rings. The van der Waals surface area contributed by atoms with E-state index in [1.807, 2.05) is 18.2 Å². The first-order chi connectivity index (χ1) is 8.18. The number of nitrogens with two attached hydrogens (primary N) is 1. The Bertz CT molecular complexity index is 555. The van der Waals surface area contributed by atoms with Crippen molar-refractivity contribution in [2.75, 3.05) is 5.73 Å². The maximum absolute atomic E-state index is 12.0. The summed E-state index contributed by atoms with van der Waals surface area (Å²) in [7, 11) is 0. The van der Waals surface area contributed by atoms with Crippen LogP contribution in [0.15, 0.2) is 47.1 Å². The third-order valence-electron chi connectivity index (χ3n) is 2.42. The number of para-hydroxylation sites is 1. The number of ketones is 1. The SMILES string of the molecule is Nc1ccccc1C(=O)Cc1ncccc1Br. The summed E-state index contributed by atoms with van der Waals surface area (Å²) >= 11 is 3.37. The van der Waals surface area contributed by atoms with Crippen LogP contribution in [-0.4, -0.2) is 10.8 Å². The van der Waals surface area contributed by atoms with Gasteiger partial charge in [0.25, 0.3) is 0 Å². The summed E-state index contributed by atoms with van der Waals surface area (Å²) in [6.45, 7) is 0. The molecule has 2 aromatic rings. The highest BCUT2D eigenvalue weighted by Crippen LogP contribution is 2.18. The molecule has 0 amide bonds. The van der Waals surface area contributed by atoms with Crippen LogP contribution < -0.4 is 5.73 Å². The highest BCUT2D eigenvalue weighted by molar-refractivity contribution is 9.10. The van der Waals surface area contributed by atoms with Gasteiger partial charge < -0.3 is 5.73 Å². The fraction of sp³-hybridized carbons (Fsp3) is 0.0769. The molecule has 0 radical (unpaired) electrons. The Morgan fingerprint density at radius 3 is 2.71 bits per heavy atom. The van der Waals surface area contributed by atoms with E-state index in [0.717, 1.165) is 10.2 Å². The summed E-state index contributed by atoms with van der Waals surface area (Å²) in [6.07, 6.45) is 1.91. The van der Waals surface area contributed by atoms with E-state index in [4.69, 9.17) is 5.73 Å². The predicted octanol–water partition coefficient (Wildman–Crippen LogP) is 2.85. The molecule has 1 heterocycles. The van der Waals surface area contributed by atoms with Crippen molar-refractivity contribution in [3.05, 3.63) is 58.3 Å². The van der Waals surface area contributed by atoms with Gasteiger partial charge in [-0.1, -0.05) is 12.1 Å². The van der Waals surface area contributed by atoms with Gasteiger partial charge in [-0.25, -0.2) is 0 Å². The van der Waals surface area contributed by atoms with Gasteiger partial charge in [0.05, 0.1) is 12.1 Å². The molecule has 0 aliphatic heterocycles. The van der Waals surface area contributed by atoms with Crippen molar-refractivity contribution in [1.29, 1.82) is 0 Å². The van der Waals surface area contributed by atoms with Crippen LogP contribution in [-0.2, 0) is 6.42 Å². The molecule has 86 valence electrons. The first kappa shape index (κ1) is 11.8. The van der Waals surface area contributed by atoms with Gasteiger partial charge in [0.2, 0.25) is 0 Å². The number of hydrogen-bond donors (Lipinski definition) is 1. The van der Waals surface area contributed by atoms with E-state index in [2.05, 4.69) is 20.9 Å². The molecule has 0 aliphatic rings. The minimum Gasteiger partial charge on any atom is -0.398 e. The normalized spacial score (nSPS) is 10.2. The Balaban J connectivity index is 2.24. The van der Waals surface area contributed by atoms with Gasteiger partial charge in [-0.3, -0.25) is 9.78 Å². The smallest absolute Gasteiger partial charge is 0.170 e. The van der Waals surface area contributed by atoms with Crippen molar-refractivity contribution in [3.8, 4) is 0 Å². The van der Waals surface area contributed by atoms with Crippen molar-refractivity contribution in [1.82, 2.24) is 4.98 Å². The quantitative estimate of drug-likeness (QED) is 0.699. The largest absolute Gasteiger partial charge is 0.398 e. The number of pyridine rings is 1. The first-order valence-electron chi connectivity index (χ1n) is 5.15. The van der Waals surface area contributed by atoms with E-state index >= 15 is 0 Å². The highest BCUT2D eigenvalue weighted by atomic mass is 79.9. The monoisotopic (exact) mass is 290 g/mol. The van der Waals surface area contributed by atoms with Gasteiger partial charge in [-0.2, -0.15) is 0 Å². The first-order valence-corrected chi connectivity index (χ1v) is 5.95. The average Bonchev–Trinajstić information content (AvgIpc) is 2.32. The Morgan fingerprint density at radius 2 is 2.00 bits per heavy atom. The van der Waals surface area contributed by atoms with Crippen LogP contribution in [0.25, 0.3) is 0 Å². The summed E-state index contributed by atoms with van der Waals surface area (Å²) in [6, 6.07) is 10.7. The van der Waals surface area contributed by atoms with Crippen molar-refractivity contribution < 1.29 is 4.79 Å². The third-order valence-corrected chi connectivity index (χ3v) is 3.15. The number of anilines is 1. The van der Waals surface area contributed by atoms with E-state index in [1.165, 1.54) is 0 Å². The topological polar surface area (TPSA) is 56.0 Å². The zero-order valence-corrected chi connectivity index (χ0v) is 10.6. The number of nitrogen functional groups attached to an aromatic ring is 1. The maximum atomic E-state index is 12.0. The number of Topliss-reactive ketones (excluding diaryl/α,β-unsaturated/α-hetero) is 1. The van der Waals surface area contributed by atoms with Crippen molar-refractivity contribution in [2.24, 2.45) is 0 Å². The number of benzene rings is 1. The predicted molar refractivity (Wildman–Crippen MR) is 70.8 cm³/mol. The molecular weight excluding hydrogens is 280 g/mol. The molecule has 3 nitrogen and oxygen atoms in total. The number of carbonyl (C=O) groups is 1. The highest BCUT2D eigenvalue weighted by Gasteiger charge is 2.12. The van der Waals surface area contributed by atoms with Crippen molar-refractivity contribution >= 4 is 27.4 Å². The lowest BCUT2D eigenvalue weighted by Gasteiger charge is -2.05. The molecule has 0 atom stereocenters. The molecule has 1 aromatic heterocycles. The molecule has 17 heavy (non-hydrogen) atoms. The number of aromatic nitrogens is 1. The molecule has 0 saturated heterocycles. The molecule has 1 aromatic carbocycles. The zero-order valence-electron chi connectivity index (χ0n) is 9.06. The minimum atomic E-state index is -0.0255. The molecule has 4 heteroatoms. The van der Waals surface area contributed by atoms with Crippen LogP contribution in [0.3, 0.4) is 0 Å². The fourth-order valence-electron chi connectivity index (χ4n) is 1.55. The van der Waals surface area contributed by atoms with Gasteiger partial charge in [0.1, 0.15) is 0 Å². The van der Waals surface area contributed by atoms with Crippen LogP contribution in [0, 0.1) is 0 Å². The molecule has 0 bridgehead atoms. The molecule has 2 N–H and O–H groups in total. The van der Waals surface area contributed by atoms with Crippen LogP contribution in [0.1, 0.15) is 16.1 Å². The Kier molecular flexibility index (Phi) is 3.54. The van der Waals surface area contributed by atoms with Gasteiger partial charge in [-0.05, 0) is 40.2 Å². The number of carbonyl (C=O) groups excluding carboxylic acids is 1. The zero-order chi connectivity index (χ0) is 12.3. The second-order valence-electron chi connectivity index (χ2n) is 3.62. The molecule has 0 saturated carbocycles. The third kappa shape index (κ3) is 2.71. The summed E-state index contributed by atoms with van der Waals surface area (Å²) < 4.78 is 0.836. The van der Waals surface area contributed by atoms with Gasteiger partial charge in [0, 0.05) is 21.9 Å². The lowest BCUT2D eigenvalue weighted by molar-refractivity contribution is 0.0992. The van der Waals surface area contributed by atoms with E-state index in [-0.39, 0.29) is 12.2 Å². The maximum Gasteiger partial charge on any atom is 0.170 e. The fourth-order valence-corrected chi connectivity index (χ4v) is 1.94. The Labute approximate surface area is 108 Å². The Morgan fingerprint density at radius 1 is 1.24 bits per heavy atom. The number of rotatable bonds is 3. The van der Waals surface area contributed by atoms with Crippen LogP contribution in [0.2, 0.25) is 0 Å². The standard InChI is InChI=1S/C13H11BrN2O/c14-10-5-3-7-16-12(10)8-13(17)9-4-1-2-6-11(9)15/h1-7H,8,15H2. The molecule has 0 spiro atoms. The molecule has 2 rings (SSSR count). The summed E-state index contributed by atoms with van der Waals surface area (Å²) in [5.74, 6) is -0.0255. The van der Waals surface area contributed by atoms with E-state index in [9.17, 15) is 4.79 Å². The molecule has 0 unspecified atom stereocenters. The van der Waals surface area contributed by atoms with Crippen molar-refractivity contribution in [3.63, 3.8) is 0 Å². The molecular formula is C13H11BrN2O. The Hall–Kier alpha value is -1.68. The lowest BCUT2D eigenvalue weighted by Crippen LogP contribution is -2.08. The second kappa shape index (κ2) is 5.10. The number of nitrogens with zero attached hydrogens (tertiary/aromatic N) is 1. The van der Waals surface area contributed by atoms with Gasteiger partial charge in [-0.15, -0.1) is 0 Å². The van der Waals surface area contributed by atoms with E-state index in [0.29, 0.717) is 11.3 Å². The van der Waals surface area contributed by atoms with Crippen LogP contribution in [0.4, 0.5) is 5.69 Å². The van der Waals surface area contributed by atoms with Gasteiger partial charge >= 0.3 is 0 Å².